The van der Waals surface area contributed by atoms with Crippen molar-refractivity contribution in [1.29, 1.82) is 0 Å². The molecule has 1 heterocycles. The predicted octanol–water partition coefficient (Wildman–Crippen LogP) is 2.49. The highest BCUT2D eigenvalue weighted by Crippen LogP contribution is 2.39. The molecule has 1 aromatic heterocycles. The Morgan fingerprint density at radius 2 is 2.35 bits per heavy atom. The molecule has 0 saturated carbocycles. The number of nitrogens with zero attached hydrogens (tertiary/aromatic N) is 2. The molecule has 0 spiro atoms. The Labute approximate surface area is 105 Å². The minimum atomic E-state index is -0.742. The highest BCUT2D eigenvalue weighted by molar-refractivity contribution is 7.15. The van der Waals surface area contributed by atoms with Gasteiger partial charge < -0.3 is 10.0 Å². The molecule has 4 nitrogen and oxygen atoms in total. The third kappa shape index (κ3) is 2.16. The molecule has 0 aromatic carbocycles. The lowest BCUT2D eigenvalue weighted by molar-refractivity contribution is -0.138. The predicted molar refractivity (Wildman–Crippen MR) is 69.0 cm³/mol. The molecule has 0 radical (unpaired) electrons. The first kappa shape index (κ1) is 12.4. The van der Waals surface area contributed by atoms with Crippen molar-refractivity contribution >= 4 is 22.4 Å². The summed E-state index contributed by atoms with van der Waals surface area (Å²) < 4.78 is 0. The van der Waals surface area contributed by atoms with E-state index in [1.807, 2.05) is 0 Å². The Kier molecular flexibility index (Phi) is 3.38. The highest BCUT2D eigenvalue weighted by atomic mass is 32.1. The number of anilines is 1. The van der Waals surface area contributed by atoms with Crippen LogP contribution in [0.5, 0.6) is 0 Å². The third-order valence-electron chi connectivity index (χ3n) is 3.21. The van der Waals surface area contributed by atoms with Gasteiger partial charge in [-0.3, -0.25) is 4.79 Å². The lowest BCUT2D eigenvalue weighted by atomic mass is 10.1. The maximum Gasteiger partial charge on any atom is 0.312 e. The number of hydrogen-bond acceptors (Lipinski definition) is 4. The van der Waals surface area contributed by atoms with Gasteiger partial charge in [-0.15, -0.1) is 11.3 Å². The Balaban J connectivity index is 2.30. The Morgan fingerprint density at radius 3 is 2.88 bits per heavy atom. The third-order valence-corrected chi connectivity index (χ3v) is 4.38. The summed E-state index contributed by atoms with van der Waals surface area (Å²) in [6.45, 7) is 7.26. The first-order valence-electron chi connectivity index (χ1n) is 6.03. The molecule has 0 fully saturated rings. The van der Waals surface area contributed by atoms with Crippen molar-refractivity contribution in [3.63, 3.8) is 0 Å². The van der Waals surface area contributed by atoms with Gasteiger partial charge in [0.15, 0.2) is 5.13 Å². The average Bonchev–Trinajstić information content (AvgIpc) is 2.76. The number of thiazole rings is 1. The number of hydrogen-bond donors (Lipinski definition) is 1. The first-order valence-corrected chi connectivity index (χ1v) is 6.85. The molecule has 1 aliphatic rings. The average molecular weight is 254 g/mol. The Morgan fingerprint density at radius 1 is 1.65 bits per heavy atom. The van der Waals surface area contributed by atoms with E-state index in [1.54, 1.807) is 11.3 Å². The van der Waals surface area contributed by atoms with Crippen molar-refractivity contribution in [3.05, 3.63) is 10.6 Å². The summed E-state index contributed by atoms with van der Waals surface area (Å²) in [5.74, 6) is -1.13. The van der Waals surface area contributed by atoms with Crippen LogP contribution in [0.25, 0.3) is 0 Å². The number of aromatic nitrogens is 1. The molecule has 0 bridgehead atoms. The van der Waals surface area contributed by atoms with Crippen molar-refractivity contribution in [2.75, 3.05) is 11.4 Å². The van der Waals surface area contributed by atoms with Gasteiger partial charge in [0, 0.05) is 17.5 Å². The summed E-state index contributed by atoms with van der Waals surface area (Å²) in [6, 6.07) is 0.398. The fourth-order valence-electron chi connectivity index (χ4n) is 2.30. The van der Waals surface area contributed by atoms with Crippen LogP contribution in [0.3, 0.4) is 0 Å². The molecule has 0 amide bonds. The van der Waals surface area contributed by atoms with E-state index in [9.17, 15) is 4.79 Å². The standard InChI is InChI=1S/C12H18N2O2S/c1-4-14(7(2)3)12-13-10-8(11(15)16)5-6-9(10)17-12/h7-8H,4-6H2,1-3H3,(H,15,16). The van der Waals surface area contributed by atoms with Gasteiger partial charge >= 0.3 is 5.97 Å². The molecule has 5 heteroatoms. The van der Waals surface area contributed by atoms with Gasteiger partial charge in [-0.1, -0.05) is 0 Å². The van der Waals surface area contributed by atoms with Crippen molar-refractivity contribution < 1.29 is 9.90 Å². The molecule has 0 aliphatic heterocycles. The second-order valence-corrected chi connectivity index (χ2v) is 5.68. The van der Waals surface area contributed by atoms with E-state index in [0.717, 1.165) is 28.7 Å². The number of carbonyl (C=O) groups is 1. The van der Waals surface area contributed by atoms with Crippen LogP contribution in [-0.2, 0) is 11.2 Å². The van der Waals surface area contributed by atoms with E-state index < -0.39 is 5.97 Å². The second-order valence-electron chi connectivity index (χ2n) is 4.61. The second kappa shape index (κ2) is 4.64. The summed E-state index contributed by atoms with van der Waals surface area (Å²) in [6.07, 6.45) is 1.57. The van der Waals surface area contributed by atoms with Crippen molar-refractivity contribution in [2.24, 2.45) is 0 Å². The number of carboxylic acid groups (broad SMARTS) is 1. The van der Waals surface area contributed by atoms with Crippen LogP contribution < -0.4 is 4.90 Å². The van der Waals surface area contributed by atoms with Crippen molar-refractivity contribution in [1.82, 2.24) is 4.98 Å². The summed E-state index contributed by atoms with van der Waals surface area (Å²) in [4.78, 5) is 19.0. The topological polar surface area (TPSA) is 53.4 Å². The maximum atomic E-state index is 11.1. The fourth-order valence-corrected chi connectivity index (χ4v) is 3.63. The molecule has 17 heavy (non-hydrogen) atoms. The van der Waals surface area contributed by atoms with Gasteiger partial charge in [-0.25, -0.2) is 4.98 Å². The van der Waals surface area contributed by atoms with Gasteiger partial charge in [0.1, 0.15) is 5.92 Å². The zero-order chi connectivity index (χ0) is 12.6. The molecule has 1 aromatic rings. The van der Waals surface area contributed by atoms with Gasteiger partial charge in [-0.05, 0) is 33.6 Å². The Bertz CT molecular complexity index is 428. The quantitative estimate of drug-likeness (QED) is 0.897. The molecule has 1 N–H and O–H groups in total. The largest absolute Gasteiger partial charge is 0.481 e. The smallest absolute Gasteiger partial charge is 0.312 e. The van der Waals surface area contributed by atoms with Crippen LogP contribution in [0.2, 0.25) is 0 Å². The van der Waals surface area contributed by atoms with E-state index in [2.05, 4.69) is 30.7 Å². The van der Waals surface area contributed by atoms with Gasteiger partial charge in [0.25, 0.3) is 0 Å². The van der Waals surface area contributed by atoms with E-state index in [-0.39, 0.29) is 5.92 Å². The monoisotopic (exact) mass is 254 g/mol. The van der Waals surface area contributed by atoms with Crippen LogP contribution in [0, 0.1) is 0 Å². The minimum absolute atomic E-state index is 0.388. The van der Waals surface area contributed by atoms with Crippen LogP contribution >= 0.6 is 11.3 Å². The lowest BCUT2D eigenvalue weighted by Gasteiger charge is -2.24. The SMILES string of the molecule is CCN(c1nc2c(s1)CCC2C(=O)O)C(C)C. The summed E-state index contributed by atoms with van der Waals surface area (Å²) in [5, 5.41) is 10.1. The number of carboxylic acids is 1. The van der Waals surface area contributed by atoms with E-state index in [1.165, 1.54) is 0 Å². The molecule has 94 valence electrons. The minimum Gasteiger partial charge on any atom is -0.481 e. The Hall–Kier alpha value is -1.10. The van der Waals surface area contributed by atoms with Crippen molar-refractivity contribution in [3.8, 4) is 0 Å². The number of rotatable bonds is 4. The molecule has 2 rings (SSSR count). The van der Waals surface area contributed by atoms with Crippen LogP contribution in [-0.4, -0.2) is 28.6 Å². The zero-order valence-electron chi connectivity index (χ0n) is 10.4. The zero-order valence-corrected chi connectivity index (χ0v) is 11.3. The molecule has 0 saturated heterocycles. The summed E-state index contributed by atoms with van der Waals surface area (Å²) in [7, 11) is 0. The lowest BCUT2D eigenvalue weighted by Crippen LogP contribution is -2.30. The summed E-state index contributed by atoms with van der Waals surface area (Å²) >= 11 is 1.66. The van der Waals surface area contributed by atoms with Crippen molar-refractivity contribution in [2.45, 2.75) is 45.6 Å². The number of fused-ring (bicyclic) bond motifs is 1. The van der Waals surface area contributed by atoms with Crippen LogP contribution in [0.1, 0.15) is 43.7 Å². The molecular weight excluding hydrogens is 236 g/mol. The maximum absolute atomic E-state index is 11.1. The van der Waals surface area contributed by atoms with Gasteiger partial charge in [0.05, 0.1) is 5.69 Å². The first-order chi connectivity index (χ1) is 8.04. The van der Waals surface area contributed by atoms with Gasteiger partial charge in [0.2, 0.25) is 0 Å². The number of aryl methyl sites for hydroxylation is 1. The molecule has 1 atom stereocenters. The van der Waals surface area contributed by atoms with Crippen LogP contribution in [0.4, 0.5) is 5.13 Å². The van der Waals surface area contributed by atoms with Crippen LogP contribution in [0.15, 0.2) is 0 Å². The summed E-state index contributed by atoms with van der Waals surface area (Å²) in [5.41, 5.74) is 0.802. The normalized spacial score (nSPS) is 18.5. The number of aliphatic carboxylic acids is 1. The van der Waals surface area contributed by atoms with Gasteiger partial charge in [-0.2, -0.15) is 0 Å². The fraction of sp³-hybridized carbons (Fsp3) is 0.667. The molecule has 1 unspecified atom stereocenters. The van der Waals surface area contributed by atoms with E-state index >= 15 is 0 Å². The molecule has 1 aliphatic carbocycles. The highest BCUT2D eigenvalue weighted by Gasteiger charge is 2.33. The molecular formula is C12H18N2O2S. The van der Waals surface area contributed by atoms with E-state index in [0.29, 0.717) is 12.5 Å². The van der Waals surface area contributed by atoms with E-state index in [4.69, 9.17) is 5.11 Å².